The first-order chi connectivity index (χ1) is 10.1. The molecule has 0 spiro atoms. The lowest BCUT2D eigenvalue weighted by molar-refractivity contribution is -0.149. The van der Waals surface area contributed by atoms with Crippen LogP contribution in [0.1, 0.15) is 45.2 Å². The molecule has 4 nitrogen and oxygen atoms in total. The fourth-order valence-corrected chi connectivity index (χ4v) is 2.77. The molecule has 0 radical (unpaired) electrons. The Hall–Kier alpha value is -1.84. The summed E-state index contributed by atoms with van der Waals surface area (Å²) < 4.78 is 0. The maximum Gasteiger partial charge on any atom is 0.250 e. The van der Waals surface area contributed by atoms with Gasteiger partial charge in [0.25, 0.3) is 0 Å². The van der Waals surface area contributed by atoms with Gasteiger partial charge in [-0.3, -0.25) is 9.59 Å². The fourth-order valence-electron chi connectivity index (χ4n) is 2.77. The first-order valence-corrected chi connectivity index (χ1v) is 7.74. The standard InChI is InChI=1S/C17H24N2O2/c1-4-13(5-2)11-19-12(3)16(20)18-15(17(19)21)14-9-7-6-8-10-14/h6-10,12-13,15H,4-5,11H2,1-3H3,(H,18,20). The number of nitrogens with one attached hydrogen (secondary N) is 1. The highest BCUT2D eigenvalue weighted by Crippen LogP contribution is 2.24. The van der Waals surface area contributed by atoms with Crippen molar-refractivity contribution in [3.63, 3.8) is 0 Å². The van der Waals surface area contributed by atoms with E-state index in [1.165, 1.54) is 0 Å². The molecule has 1 aromatic rings. The van der Waals surface area contributed by atoms with E-state index in [9.17, 15) is 9.59 Å². The highest BCUT2D eigenvalue weighted by atomic mass is 16.2. The predicted octanol–water partition coefficient (Wildman–Crippen LogP) is 2.51. The molecule has 2 atom stereocenters. The zero-order valence-electron chi connectivity index (χ0n) is 13.0. The van der Waals surface area contributed by atoms with E-state index in [0.29, 0.717) is 12.5 Å². The Bertz CT molecular complexity index is 497. The van der Waals surface area contributed by atoms with Crippen LogP contribution in [-0.4, -0.2) is 29.3 Å². The van der Waals surface area contributed by atoms with E-state index < -0.39 is 12.1 Å². The first kappa shape index (κ1) is 15.5. The van der Waals surface area contributed by atoms with Crippen molar-refractivity contribution in [2.45, 2.75) is 45.7 Å². The van der Waals surface area contributed by atoms with E-state index in [-0.39, 0.29) is 11.8 Å². The Morgan fingerprint density at radius 2 is 1.76 bits per heavy atom. The van der Waals surface area contributed by atoms with E-state index in [0.717, 1.165) is 18.4 Å². The fraction of sp³-hybridized carbons (Fsp3) is 0.529. The second-order valence-corrected chi connectivity index (χ2v) is 5.70. The third kappa shape index (κ3) is 3.26. The summed E-state index contributed by atoms with van der Waals surface area (Å²) in [5.74, 6) is 0.369. The Labute approximate surface area is 126 Å². The van der Waals surface area contributed by atoms with E-state index in [1.54, 1.807) is 11.8 Å². The van der Waals surface area contributed by atoms with Crippen LogP contribution in [0, 0.1) is 5.92 Å². The largest absolute Gasteiger partial charge is 0.339 e. The zero-order chi connectivity index (χ0) is 15.4. The molecule has 1 aromatic carbocycles. The van der Waals surface area contributed by atoms with Gasteiger partial charge in [0.2, 0.25) is 11.8 Å². The quantitative estimate of drug-likeness (QED) is 0.905. The van der Waals surface area contributed by atoms with Crippen molar-refractivity contribution in [2.24, 2.45) is 5.92 Å². The van der Waals surface area contributed by atoms with Crippen LogP contribution in [0.3, 0.4) is 0 Å². The monoisotopic (exact) mass is 288 g/mol. The minimum absolute atomic E-state index is 0.000185. The summed E-state index contributed by atoms with van der Waals surface area (Å²) in [6.45, 7) is 6.71. The van der Waals surface area contributed by atoms with Crippen molar-refractivity contribution in [1.82, 2.24) is 10.2 Å². The highest BCUT2D eigenvalue weighted by molar-refractivity contribution is 5.97. The third-order valence-corrected chi connectivity index (χ3v) is 4.41. The molecule has 2 rings (SSSR count). The van der Waals surface area contributed by atoms with Gasteiger partial charge in [-0.2, -0.15) is 0 Å². The van der Waals surface area contributed by atoms with Crippen LogP contribution in [0.2, 0.25) is 0 Å². The van der Waals surface area contributed by atoms with Gasteiger partial charge in [0.05, 0.1) is 0 Å². The molecule has 0 aromatic heterocycles. The summed E-state index contributed by atoms with van der Waals surface area (Å²) in [6, 6.07) is 8.50. The van der Waals surface area contributed by atoms with Crippen molar-refractivity contribution in [1.29, 1.82) is 0 Å². The SMILES string of the molecule is CCC(CC)CN1C(=O)C(c2ccccc2)NC(=O)C1C. The summed E-state index contributed by atoms with van der Waals surface area (Å²) in [6.07, 6.45) is 2.04. The molecule has 0 saturated carbocycles. The molecule has 114 valence electrons. The molecule has 1 aliphatic rings. The number of rotatable bonds is 5. The van der Waals surface area contributed by atoms with Gasteiger partial charge < -0.3 is 10.2 Å². The van der Waals surface area contributed by atoms with Crippen LogP contribution in [0.15, 0.2) is 30.3 Å². The van der Waals surface area contributed by atoms with E-state index in [2.05, 4.69) is 19.2 Å². The average molecular weight is 288 g/mol. The number of carbonyl (C=O) groups excluding carboxylic acids is 2. The van der Waals surface area contributed by atoms with Crippen molar-refractivity contribution < 1.29 is 9.59 Å². The Morgan fingerprint density at radius 3 is 2.33 bits per heavy atom. The number of hydrogen-bond acceptors (Lipinski definition) is 2. The van der Waals surface area contributed by atoms with E-state index >= 15 is 0 Å². The van der Waals surface area contributed by atoms with Gasteiger partial charge in [0.15, 0.2) is 0 Å². The number of amides is 2. The summed E-state index contributed by atoms with van der Waals surface area (Å²) in [5.41, 5.74) is 0.845. The Morgan fingerprint density at radius 1 is 1.14 bits per heavy atom. The van der Waals surface area contributed by atoms with Crippen LogP contribution in [0.4, 0.5) is 0 Å². The molecule has 0 aliphatic carbocycles. The normalized spacial score (nSPS) is 22.6. The third-order valence-electron chi connectivity index (χ3n) is 4.41. The van der Waals surface area contributed by atoms with Crippen LogP contribution in [0.25, 0.3) is 0 Å². The summed E-state index contributed by atoms with van der Waals surface area (Å²) in [5, 5.41) is 2.84. The lowest BCUT2D eigenvalue weighted by Gasteiger charge is -2.39. The molecule has 2 unspecified atom stereocenters. The van der Waals surface area contributed by atoms with Crippen LogP contribution in [-0.2, 0) is 9.59 Å². The van der Waals surface area contributed by atoms with Gasteiger partial charge >= 0.3 is 0 Å². The van der Waals surface area contributed by atoms with Crippen molar-refractivity contribution >= 4 is 11.8 Å². The predicted molar refractivity (Wildman–Crippen MR) is 82.6 cm³/mol. The van der Waals surface area contributed by atoms with Crippen LogP contribution in [0.5, 0.6) is 0 Å². The van der Waals surface area contributed by atoms with Crippen molar-refractivity contribution in [2.75, 3.05) is 6.54 Å². The second kappa shape index (κ2) is 6.74. The van der Waals surface area contributed by atoms with Gasteiger partial charge in [0.1, 0.15) is 12.1 Å². The molecule has 1 fully saturated rings. The number of piperazine rings is 1. The number of nitrogens with zero attached hydrogens (tertiary/aromatic N) is 1. The summed E-state index contributed by atoms with van der Waals surface area (Å²) in [7, 11) is 0. The molecule has 1 heterocycles. The molecular formula is C17H24N2O2. The van der Waals surface area contributed by atoms with Crippen molar-refractivity contribution in [3.05, 3.63) is 35.9 Å². The van der Waals surface area contributed by atoms with Crippen LogP contribution >= 0.6 is 0 Å². The molecule has 4 heteroatoms. The van der Waals surface area contributed by atoms with Gasteiger partial charge in [-0.15, -0.1) is 0 Å². The molecule has 1 aliphatic heterocycles. The summed E-state index contributed by atoms with van der Waals surface area (Å²) in [4.78, 5) is 26.7. The smallest absolute Gasteiger partial charge is 0.250 e. The molecule has 0 bridgehead atoms. The van der Waals surface area contributed by atoms with E-state index in [4.69, 9.17) is 0 Å². The number of benzene rings is 1. The molecule has 21 heavy (non-hydrogen) atoms. The Kier molecular flexibility index (Phi) is 4.99. The average Bonchev–Trinajstić information content (AvgIpc) is 2.52. The maximum absolute atomic E-state index is 12.8. The molecule has 1 N–H and O–H groups in total. The lowest BCUT2D eigenvalue weighted by Crippen LogP contribution is -2.59. The Balaban J connectivity index is 2.23. The lowest BCUT2D eigenvalue weighted by atomic mass is 9.97. The van der Waals surface area contributed by atoms with Gasteiger partial charge in [-0.1, -0.05) is 57.0 Å². The molecule has 1 saturated heterocycles. The molecular weight excluding hydrogens is 264 g/mol. The summed E-state index contributed by atoms with van der Waals surface area (Å²) >= 11 is 0. The van der Waals surface area contributed by atoms with Gasteiger partial charge in [0, 0.05) is 6.54 Å². The molecule has 2 amide bonds. The van der Waals surface area contributed by atoms with Crippen LogP contribution < -0.4 is 5.32 Å². The zero-order valence-corrected chi connectivity index (χ0v) is 13.0. The van der Waals surface area contributed by atoms with Crippen molar-refractivity contribution in [3.8, 4) is 0 Å². The van der Waals surface area contributed by atoms with Gasteiger partial charge in [-0.25, -0.2) is 0 Å². The minimum atomic E-state index is -0.552. The maximum atomic E-state index is 12.8. The topological polar surface area (TPSA) is 49.4 Å². The first-order valence-electron chi connectivity index (χ1n) is 7.74. The van der Waals surface area contributed by atoms with Gasteiger partial charge in [-0.05, 0) is 18.4 Å². The number of hydrogen-bond donors (Lipinski definition) is 1. The highest BCUT2D eigenvalue weighted by Gasteiger charge is 2.39. The second-order valence-electron chi connectivity index (χ2n) is 5.70. The van der Waals surface area contributed by atoms with E-state index in [1.807, 2.05) is 30.3 Å². The minimum Gasteiger partial charge on any atom is -0.339 e. The number of carbonyl (C=O) groups is 2.